The number of benzene rings is 1. The molecule has 2 aromatic heterocycles. The molecule has 2 heterocycles. The molecular formula is C17H16Cl2N4OS. The number of pyridine rings is 1. The van der Waals surface area contributed by atoms with Crippen molar-refractivity contribution < 1.29 is 4.79 Å². The van der Waals surface area contributed by atoms with Crippen LogP contribution < -0.4 is 11.1 Å². The molecule has 1 aromatic carbocycles. The highest BCUT2D eigenvalue weighted by atomic mass is 35.5. The average Bonchev–Trinajstić information content (AvgIpc) is 3.04. The molecule has 0 atom stereocenters. The number of primary amides is 1. The van der Waals surface area contributed by atoms with Crippen molar-refractivity contribution in [1.29, 1.82) is 0 Å². The van der Waals surface area contributed by atoms with E-state index in [1.165, 1.54) is 11.3 Å². The van der Waals surface area contributed by atoms with Gasteiger partial charge >= 0.3 is 0 Å². The summed E-state index contributed by atoms with van der Waals surface area (Å²) in [6, 6.07) is 11.6. The Morgan fingerprint density at radius 2 is 1.96 bits per heavy atom. The first-order chi connectivity index (χ1) is 11.6. The number of nitrogens with two attached hydrogens (primary N) is 1. The zero-order valence-corrected chi connectivity index (χ0v) is 15.5. The van der Waals surface area contributed by atoms with Crippen molar-refractivity contribution >= 4 is 52.1 Å². The number of amides is 1. The molecule has 0 aliphatic carbocycles. The van der Waals surface area contributed by atoms with Gasteiger partial charge in [0, 0.05) is 17.4 Å². The number of carbonyl (C=O) groups excluding carboxylic acids is 1. The van der Waals surface area contributed by atoms with Gasteiger partial charge in [-0.25, -0.2) is 9.97 Å². The molecule has 0 unspecified atom stereocenters. The lowest BCUT2D eigenvalue weighted by Crippen LogP contribution is -2.11. The van der Waals surface area contributed by atoms with Gasteiger partial charge in [0.05, 0.1) is 17.6 Å². The monoisotopic (exact) mass is 394 g/mol. The Morgan fingerprint density at radius 1 is 1.20 bits per heavy atom. The van der Waals surface area contributed by atoms with Gasteiger partial charge in [-0.3, -0.25) is 4.79 Å². The molecule has 0 spiro atoms. The second kappa shape index (κ2) is 8.80. The Balaban J connectivity index is 0.00000225. The van der Waals surface area contributed by atoms with Gasteiger partial charge in [-0.15, -0.1) is 23.7 Å². The summed E-state index contributed by atoms with van der Waals surface area (Å²) in [5, 5.41) is 6.43. The summed E-state index contributed by atoms with van der Waals surface area (Å²) < 4.78 is 0. The summed E-state index contributed by atoms with van der Waals surface area (Å²) >= 11 is 7.29. The van der Waals surface area contributed by atoms with Gasteiger partial charge in [0.25, 0.3) is 0 Å². The maximum absolute atomic E-state index is 10.8. The van der Waals surface area contributed by atoms with Crippen molar-refractivity contribution in [3.8, 4) is 11.3 Å². The second-order valence-electron chi connectivity index (χ2n) is 5.20. The van der Waals surface area contributed by atoms with E-state index in [-0.39, 0.29) is 18.3 Å². The normalized spacial score (nSPS) is 10.1. The zero-order valence-electron chi connectivity index (χ0n) is 13.1. The van der Waals surface area contributed by atoms with E-state index in [9.17, 15) is 4.79 Å². The summed E-state index contributed by atoms with van der Waals surface area (Å²) in [5.41, 5.74) is 9.01. The van der Waals surface area contributed by atoms with E-state index in [2.05, 4.69) is 15.3 Å². The smallest absolute Gasteiger partial charge is 0.217 e. The van der Waals surface area contributed by atoms with Gasteiger partial charge in [0.2, 0.25) is 5.91 Å². The highest BCUT2D eigenvalue weighted by Crippen LogP contribution is 2.27. The van der Waals surface area contributed by atoms with Crippen molar-refractivity contribution in [1.82, 2.24) is 9.97 Å². The van der Waals surface area contributed by atoms with Crippen LogP contribution in [0, 0.1) is 0 Å². The standard InChI is InChI=1S/C17H15ClN4OS.ClH/c18-15-7-6-13(9-20-15)21-17-22-14(10-24-17)12-4-1-11(2-5-12)3-8-16(19)23;/h1-2,4-7,9-10H,3,8H2,(H2,19,23)(H,21,22);1H. The number of nitrogens with zero attached hydrogens (tertiary/aromatic N) is 2. The largest absolute Gasteiger partial charge is 0.370 e. The predicted octanol–water partition coefficient (Wildman–Crippen LogP) is 4.44. The Bertz CT molecular complexity index is 835. The molecule has 0 saturated carbocycles. The topological polar surface area (TPSA) is 80.9 Å². The first kappa shape index (κ1) is 19.2. The van der Waals surface area contributed by atoms with Gasteiger partial charge in [-0.2, -0.15) is 0 Å². The van der Waals surface area contributed by atoms with Gasteiger partial charge in [-0.05, 0) is 24.1 Å². The number of nitrogens with one attached hydrogen (secondary N) is 1. The zero-order chi connectivity index (χ0) is 16.9. The molecule has 0 fully saturated rings. The number of aromatic nitrogens is 2. The Labute approximate surface area is 160 Å². The fourth-order valence-corrected chi connectivity index (χ4v) is 3.00. The Morgan fingerprint density at radius 3 is 2.60 bits per heavy atom. The highest BCUT2D eigenvalue weighted by molar-refractivity contribution is 7.14. The van der Waals surface area contributed by atoms with Crippen LogP contribution in [0.4, 0.5) is 10.8 Å². The first-order valence-corrected chi connectivity index (χ1v) is 8.57. The molecule has 3 aromatic rings. The number of hydrogen-bond donors (Lipinski definition) is 2. The van der Waals surface area contributed by atoms with Crippen molar-refractivity contribution in [2.45, 2.75) is 12.8 Å². The summed E-state index contributed by atoms with van der Waals surface area (Å²) in [7, 11) is 0. The van der Waals surface area contributed by atoms with Crippen LogP contribution in [0.3, 0.4) is 0 Å². The van der Waals surface area contributed by atoms with Crippen LogP contribution in [0.25, 0.3) is 11.3 Å². The molecule has 0 bridgehead atoms. The number of anilines is 2. The van der Waals surface area contributed by atoms with Crippen LogP contribution in [-0.4, -0.2) is 15.9 Å². The maximum Gasteiger partial charge on any atom is 0.217 e. The maximum atomic E-state index is 10.8. The lowest BCUT2D eigenvalue weighted by atomic mass is 10.1. The van der Waals surface area contributed by atoms with Crippen molar-refractivity contribution in [2.24, 2.45) is 5.73 Å². The molecule has 3 rings (SSSR count). The molecule has 5 nitrogen and oxygen atoms in total. The van der Waals surface area contributed by atoms with Gasteiger partial charge in [0.1, 0.15) is 5.15 Å². The fourth-order valence-electron chi connectivity index (χ4n) is 2.15. The molecule has 8 heteroatoms. The molecule has 130 valence electrons. The van der Waals surface area contributed by atoms with E-state index in [4.69, 9.17) is 17.3 Å². The van der Waals surface area contributed by atoms with Crippen LogP contribution in [0.2, 0.25) is 5.15 Å². The second-order valence-corrected chi connectivity index (χ2v) is 6.44. The third-order valence-electron chi connectivity index (χ3n) is 3.39. The number of aryl methyl sites for hydroxylation is 1. The summed E-state index contributed by atoms with van der Waals surface area (Å²) in [6.07, 6.45) is 2.68. The molecule has 0 aliphatic rings. The molecule has 0 radical (unpaired) electrons. The number of thiazole rings is 1. The summed E-state index contributed by atoms with van der Waals surface area (Å²) in [4.78, 5) is 19.4. The fraction of sp³-hybridized carbons (Fsp3) is 0.118. The minimum Gasteiger partial charge on any atom is -0.370 e. The lowest BCUT2D eigenvalue weighted by Gasteiger charge is -2.02. The van der Waals surface area contributed by atoms with E-state index in [1.54, 1.807) is 12.3 Å². The van der Waals surface area contributed by atoms with Crippen LogP contribution >= 0.6 is 35.3 Å². The minimum atomic E-state index is -0.286. The van der Waals surface area contributed by atoms with Crippen LogP contribution in [0.5, 0.6) is 0 Å². The predicted molar refractivity (Wildman–Crippen MR) is 105 cm³/mol. The van der Waals surface area contributed by atoms with E-state index >= 15 is 0 Å². The molecule has 1 amide bonds. The molecule has 0 aliphatic heterocycles. The number of rotatable bonds is 6. The summed E-state index contributed by atoms with van der Waals surface area (Å²) in [6.45, 7) is 0. The number of hydrogen-bond acceptors (Lipinski definition) is 5. The Kier molecular flexibility index (Phi) is 6.75. The third-order valence-corrected chi connectivity index (χ3v) is 4.37. The average molecular weight is 395 g/mol. The first-order valence-electron chi connectivity index (χ1n) is 7.32. The third kappa shape index (κ3) is 5.42. The Hall–Kier alpha value is -2.15. The minimum absolute atomic E-state index is 0. The van der Waals surface area contributed by atoms with E-state index in [1.807, 2.05) is 35.7 Å². The van der Waals surface area contributed by atoms with Crippen LogP contribution in [0.1, 0.15) is 12.0 Å². The van der Waals surface area contributed by atoms with E-state index in [0.717, 1.165) is 27.6 Å². The van der Waals surface area contributed by atoms with Crippen molar-refractivity contribution in [3.63, 3.8) is 0 Å². The van der Waals surface area contributed by atoms with Gasteiger partial charge in [-0.1, -0.05) is 35.9 Å². The SMILES string of the molecule is Cl.NC(=O)CCc1ccc(-c2csc(Nc3ccc(Cl)nc3)n2)cc1. The van der Waals surface area contributed by atoms with Crippen molar-refractivity contribution in [3.05, 3.63) is 58.7 Å². The molecular weight excluding hydrogens is 379 g/mol. The van der Waals surface area contributed by atoms with Crippen LogP contribution in [-0.2, 0) is 11.2 Å². The number of halogens is 2. The van der Waals surface area contributed by atoms with Crippen molar-refractivity contribution in [2.75, 3.05) is 5.32 Å². The van der Waals surface area contributed by atoms with Gasteiger partial charge in [0.15, 0.2) is 5.13 Å². The highest BCUT2D eigenvalue weighted by Gasteiger charge is 2.06. The quantitative estimate of drug-likeness (QED) is 0.605. The number of carbonyl (C=O) groups is 1. The molecule has 0 saturated heterocycles. The van der Waals surface area contributed by atoms with E-state index in [0.29, 0.717) is 18.0 Å². The molecule has 3 N–H and O–H groups in total. The summed E-state index contributed by atoms with van der Waals surface area (Å²) in [5.74, 6) is -0.286. The van der Waals surface area contributed by atoms with E-state index < -0.39 is 0 Å². The molecule has 25 heavy (non-hydrogen) atoms. The lowest BCUT2D eigenvalue weighted by molar-refractivity contribution is -0.117. The van der Waals surface area contributed by atoms with Gasteiger partial charge < -0.3 is 11.1 Å². The van der Waals surface area contributed by atoms with Crippen LogP contribution in [0.15, 0.2) is 48.0 Å².